The van der Waals surface area contributed by atoms with E-state index in [9.17, 15) is 4.79 Å². The second-order valence-electron chi connectivity index (χ2n) is 6.71. The molecule has 0 unspecified atom stereocenters. The standard InChI is InChI=1S/C21H20Cl2N2O2/c1-14-17(13-24-9-11-27-12-10-24)15-5-2-3-8-19(15)25(14)21(26)16-6-4-7-18(22)20(16)23/h2-8H,9-13H2,1H3. The molecule has 6 heteroatoms. The number of ether oxygens (including phenoxy) is 1. The van der Waals surface area contributed by atoms with Crippen LogP contribution in [0.25, 0.3) is 10.9 Å². The predicted molar refractivity (Wildman–Crippen MR) is 109 cm³/mol. The minimum atomic E-state index is -0.163. The number of carbonyl (C=O) groups excluding carboxylic acids is 1. The average Bonchev–Trinajstić information content (AvgIpc) is 2.96. The summed E-state index contributed by atoms with van der Waals surface area (Å²) in [6, 6.07) is 13.1. The van der Waals surface area contributed by atoms with Gasteiger partial charge in [0, 0.05) is 30.7 Å². The maximum Gasteiger partial charge on any atom is 0.264 e. The molecular formula is C21H20Cl2N2O2. The number of benzene rings is 2. The van der Waals surface area contributed by atoms with Crippen molar-refractivity contribution >= 4 is 40.0 Å². The minimum absolute atomic E-state index is 0.163. The number of rotatable bonds is 3. The smallest absolute Gasteiger partial charge is 0.264 e. The number of para-hydroxylation sites is 1. The fourth-order valence-corrected chi connectivity index (χ4v) is 4.05. The van der Waals surface area contributed by atoms with E-state index in [1.807, 2.05) is 25.1 Å². The molecule has 1 aliphatic rings. The molecule has 0 atom stereocenters. The van der Waals surface area contributed by atoms with Gasteiger partial charge in [0.25, 0.3) is 5.91 Å². The summed E-state index contributed by atoms with van der Waals surface area (Å²) >= 11 is 12.4. The Hall–Kier alpha value is -1.85. The van der Waals surface area contributed by atoms with E-state index in [-0.39, 0.29) is 10.9 Å². The van der Waals surface area contributed by atoms with Crippen molar-refractivity contribution in [3.05, 3.63) is 69.3 Å². The van der Waals surface area contributed by atoms with E-state index in [0.29, 0.717) is 10.6 Å². The zero-order valence-electron chi connectivity index (χ0n) is 15.0. The second kappa shape index (κ2) is 7.64. The highest BCUT2D eigenvalue weighted by Crippen LogP contribution is 2.31. The quantitative estimate of drug-likeness (QED) is 0.632. The van der Waals surface area contributed by atoms with Crippen LogP contribution in [-0.2, 0) is 11.3 Å². The fraction of sp³-hybridized carbons (Fsp3) is 0.286. The Bertz CT molecular complexity index is 1010. The van der Waals surface area contributed by atoms with Crippen molar-refractivity contribution in [2.75, 3.05) is 26.3 Å². The van der Waals surface area contributed by atoms with Gasteiger partial charge in [-0.2, -0.15) is 0 Å². The zero-order valence-corrected chi connectivity index (χ0v) is 16.6. The van der Waals surface area contributed by atoms with Crippen molar-refractivity contribution in [3.63, 3.8) is 0 Å². The van der Waals surface area contributed by atoms with Crippen LogP contribution in [0.2, 0.25) is 10.0 Å². The van der Waals surface area contributed by atoms with Gasteiger partial charge in [0.15, 0.2) is 0 Å². The van der Waals surface area contributed by atoms with Crippen LogP contribution in [0.5, 0.6) is 0 Å². The number of hydrogen-bond acceptors (Lipinski definition) is 3. The van der Waals surface area contributed by atoms with Gasteiger partial charge in [-0.15, -0.1) is 0 Å². The van der Waals surface area contributed by atoms with Crippen LogP contribution in [0.3, 0.4) is 0 Å². The normalized spacial score (nSPS) is 15.4. The topological polar surface area (TPSA) is 34.5 Å². The number of morpholine rings is 1. The van der Waals surface area contributed by atoms with Gasteiger partial charge in [0.05, 0.1) is 34.3 Å². The van der Waals surface area contributed by atoms with Crippen molar-refractivity contribution < 1.29 is 9.53 Å². The van der Waals surface area contributed by atoms with Gasteiger partial charge in [-0.25, -0.2) is 0 Å². The monoisotopic (exact) mass is 402 g/mol. The van der Waals surface area contributed by atoms with Crippen LogP contribution >= 0.6 is 23.2 Å². The first-order valence-electron chi connectivity index (χ1n) is 8.95. The van der Waals surface area contributed by atoms with Crippen molar-refractivity contribution in [2.45, 2.75) is 13.5 Å². The average molecular weight is 403 g/mol. The van der Waals surface area contributed by atoms with Crippen molar-refractivity contribution in [1.82, 2.24) is 9.47 Å². The Morgan fingerprint density at radius 2 is 1.81 bits per heavy atom. The van der Waals surface area contributed by atoms with Gasteiger partial charge < -0.3 is 4.74 Å². The molecule has 2 aromatic carbocycles. The highest BCUT2D eigenvalue weighted by Gasteiger charge is 2.23. The third kappa shape index (κ3) is 3.39. The molecule has 4 nitrogen and oxygen atoms in total. The Morgan fingerprint density at radius 3 is 2.59 bits per heavy atom. The number of halogens is 2. The SMILES string of the molecule is Cc1c(CN2CCOCC2)c2ccccc2n1C(=O)c1cccc(Cl)c1Cl. The molecule has 2 heterocycles. The third-order valence-corrected chi connectivity index (χ3v) is 5.93. The largest absolute Gasteiger partial charge is 0.379 e. The number of hydrogen-bond donors (Lipinski definition) is 0. The maximum absolute atomic E-state index is 13.3. The molecule has 1 saturated heterocycles. The molecule has 0 amide bonds. The fourth-order valence-electron chi connectivity index (χ4n) is 3.67. The summed E-state index contributed by atoms with van der Waals surface area (Å²) in [6.07, 6.45) is 0. The number of nitrogens with zero attached hydrogens (tertiary/aromatic N) is 2. The molecule has 0 saturated carbocycles. The Labute approximate surface area is 168 Å². The maximum atomic E-state index is 13.3. The third-order valence-electron chi connectivity index (χ3n) is 5.11. The van der Waals surface area contributed by atoms with E-state index in [2.05, 4.69) is 11.0 Å². The first-order chi connectivity index (χ1) is 13.1. The van der Waals surface area contributed by atoms with Gasteiger partial charge in [-0.3, -0.25) is 14.3 Å². The molecule has 1 aromatic heterocycles. The molecule has 1 fully saturated rings. The van der Waals surface area contributed by atoms with Gasteiger partial charge in [0.1, 0.15) is 0 Å². The first-order valence-corrected chi connectivity index (χ1v) is 9.71. The summed E-state index contributed by atoms with van der Waals surface area (Å²) in [4.78, 5) is 15.7. The minimum Gasteiger partial charge on any atom is -0.379 e. The lowest BCUT2D eigenvalue weighted by molar-refractivity contribution is 0.0342. The molecule has 0 spiro atoms. The molecule has 4 rings (SSSR count). The van der Waals surface area contributed by atoms with E-state index in [1.165, 1.54) is 5.56 Å². The summed E-state index contributed by atoms with van der Waals surface area (Å²) in [5.74, 6) is -0.163. The van der Waals surface area contributed by atoms with E-state index in [1.54, 1.807) is 22.8 Å². The second-order valence-corrected chi connectivity index (χ2v) is 7.50. The molecule has 27 heavy (non-hydrogen) atoms. The Kier molecular flexibility index (Phi) is 5.24. The van der Waals surface area contributed by atoms with Crippen LogP contribution in [0.15, 0.2) is 42.5 Å². The van der Waals surface area contributed by atoms with E-state index < -0.39 is 0 Å². The number of carbonyl (C=O) groups is 1. The lowest BCUT2D eigenvalue weighted by Crippen LogP contribution is -2.35. The van der Waals surface area contributed by atoms with Crippen LogP contribution in [0.4, 0.5) is 0 Å². The Balaban J connectivity index is 1.82. The molecule has 1 aliphatic heterocycles. The van der Waals surface area contributed by atoms with Gasteiger partial charge in [-0.05, 0) is 30.7 Å². The van der Waals surface area contributed by atoms with Gasteiger partial charge >= 0.3 is 0 Å². The van der Waals surface area contributed by atoms with E-state index in [4.69, 9.17) is 27.9 Å². The predicted octanol–water partition coefficient (Wildman–Crippen LogP) is 4.78. The molecule has 0 aliphatic carbocycles. The van der Waals surface area contributed by atoms with Crippen molar-refractivity contribution in [3.8, 4) is 0 Å². The first kappa shape index (κ1) is 18.5. The molecule has 3 aromatic rings. The van der Waals surface area contributed by atoms with Crippen LogP contribution in [0, 0.1) is 6.92 Å². The van der Waals surface area contributed by atoms with Crippen LogP contribution in [-0.4, -0.2) is 41.7 Å². The summed E-state index contributed by atoms with van der Waals surface area (Å²) in [5.41, 5.74) is 3.40. The number of aromatic nitrogens is 1. The van der Waals surface area contributed by atoms with Crippen molar-refractivity contribution in [2.24, 2.45) is 0 Å². The Morgan fingerprint density at radius 1 is 1.07 bits per heavy atom. The van der Waals surface area contributed by atoms with E-state index in [0.717, 1.165) is 49.4 Å². The van der Waals surface area contributed by atoms with Crippen LogP contribution < -0.4 is 0 Å². The molecule has 0 radical (unpaired) electrons. The molecule has 140 valence electrons. The zero-order chi connectivity index (χ0) is 19.0. The summed E-state index contributed by atoms with van der Waals surface area (Å²) in [6.45, 7) is 6.06. The highest BCUT2D eigenvalue weighted by molar-refractivity contribution is 6.44. The lowest BCUT2D eigenvalue weighted by Gasteiger charge is -2.26. The number of fused-ring (bicyclic) bond motifs is 1. The van der Waals surface area contributed by atoms with E-state index >= 15 is 0 Å². The summed E-state index contributed by atoms with van der Waals surface area (Å²) in [5, 5.41) is 1.76. The molecule has 0 bridgehead atoms. The summed E-state index contributed by atoms with van der Waals surface area (Å²) < 4.78 is 7.21. The highest BCUT2D eigenvalue weighted by atomic mass is 35.5. The van der Waals surface area contributed by atoms with Gasteiger partial charge in [0.2, 0.25) is 0 Å². The van der Waals surface area contributed by atoms with Crippen molar-refractivity contribution in [1.29, 1.82) is 0 Å². The van der Waals surface area contributed by atoms with Gasteiger partial charge in [-0.1, -0.05) is 47.5 Å². The van der Waals surface area contributed by atoms with Crippen LogP contribution in [0.1, 0.15) is 21.6 Å². The lowest BCUT2D eigenvalue weighted by atomic mass is 10.1. The summed E-state index contributed by atoms with van der Waals surface area (Å²) in [7, 11) is 0. The molecule has 0 N–H and O–H groups in total. The molecular weight excluding hydrogens is 383 g/mol.